The summed E-state index contributed by atoms with van der Waals surface area (Å²) in [4.78, 5) is 30.3. The van der Waals surface area contributed by atoms with Crippen molar-refractivity contribution >= 4 is 23.6 Å². The van der Waals surface area contributed by atoms with Crippen molar-refractivity contribution in [2.75, 3.05) is 0 Å². The Morgan fingerprint density at radius 3 is 2.92 bits per heavy atom. The monoisotopic (exact) mass is 351 g/mol. The fourth-order valence-electron chi connectivity index (χ4n) is 4.03. The van der Waals surface area contributed by atoms with E-state index in [-0.39, 0.29) is 28.8 Å². The van der Waals surface area contributed by atoms with Gasteiger partial charge in [-0.3, -0.25) is 4.79 Å². The number of rotatable bonds is 4. The topological polar surface area (TPSA) is 99.5 Å². The Morgan fingerprint density at radius 1 is 1.54 bits per heavy atom. The van der Waals surface area contributed by atoms with E-state index in [0.29, 0.717) is 0 Å². The number of hydrogen-bond acceptors (Lipinski definition) is 5. The van der Waals surface area contributed by atoms with Gasteiger partial charge in [0.25, 0.3) is 0 Å². The van der Waals surface area contributed by atoms with Crippen LogP contribution in [-0.4, -0.2) is 54.1 Å². The molecular weight excluding hydrogens is 332 g/mol. The minimum absolute atomic E-state index is 0.0820. The Kier molecular flexibility index (Phi) is 3.47. The number of aliphatic carboxylic acids is 1. The summed E-state index contributed by atoms with van der Waals surface area (Å²) in [6.07, 6.45) is 2.74. The predicted octanol–water partition coefficient (Wildman–Crippen LogP) is -0.560. The molecule has 1 aromatic rings. The molecule has 0 saturated carbocycles. The van der Waals surface area contributed by atoms with Crippen molar-refractivity contribution in [2.45, 2.75) is 44.3 Å². The Hall–Kier alpha value is -1.87. The van der Waals surface area contributed by atoms with Crippen LogP contribution in [0.3, 0.4) is 0 Å². The summed E-state index contributed by atoms with van der Waals surface area (Å²) in [6.45, 7) is 5.05. The summed E-state index contributed by atoms with van der Waals surface area (Å²) in [5.74, 6) is -1.95. The van der Waals surface area contributed by atoms with Gasteiger partial charge in [-0.15, -0.1) is 11.8 Å². The lowest BCUT2D eigenvalue weighted by molar-refractivity contribution is -0.758. The van der Waals surface area contributed by atoms with Crippen molar-refractivity contribution in [1.29, 1.82) is 0 Å². The smallest absolute Gasteiger partial charge is 0.353 e. The molecule has 9 heteroatoms. The van der Waals surface area contributed by atoms with Gasteiger partial charge in [0.05, 0.1) is 29.9 Å². The maximum Gasteiger partial charge on any atom is 0.353 e. The number of carbonyl (C=O) groups excluding carboxylic acids is 1. The summed E-state index contributed by atoms with van der Waals surface area (Å²) in [6, 6.07) is -0.249. The van der Waals surface area contributed by atoms with Crippen LogP contribution in [0, 0.1) is 11.8 Å². The number of aromatic nitrogens is 3. The summed E-state index contributed by atoms with van der Waals surface area (Å²) in [7, 11) is 0. The molecular formula is C15H19N4O4S+. The average molecular weight is 351 g/mol. The molecule has 4 rings (SSSR count). The van der Waals surface area contributed by atoms with Crippen molar-refractivity contribution in [3.8, 4) is 0 Å². The summed E-state index contributed by atoms with van der Waals surface area (Å²) < 4.78 is 3.99. The molecule has 3 aliphatic heterocycles. The third-order valence-electron chi connectivity index (χ3n) is 5.12. The van der Waals surface area contributed by atoms with Crippen molar-refractivity contribution in [2.24, 2.45) is 11.8 Å². The number of aliphatic hydroxyl groups is 1. The van der Waals surface area contributed by atoms with Crippen molar-refractivity contribution in [3.63, 3.8) is 0 Å². The number of nitrogens with zero attached hydrogens (tertiary/aromatic N) is 4. The first kappa shape index (κ1) is 15.6. The van der Waals surface area contributed by atoms with Crippen LogP contribution in [0.5, 0.6) is 0 Å². The van der Waals surface area contributed by atoms with Crippen LogP contribution in [0.2, 0.25) is 0 Å². The molecule has 0 unspecified atom stereocenters. The molecule has 3 aliphatic rings. The number of thioether (sulfide) groups is 1. The molecule has 8 nitrogen and oxygen atoms in total. The highest BCUT2D eigenvalue weighted by molar-refractivity contribution is 8.03. The first-order valence-corrected chi connectivity index (χ1v) is 8.83. The zero-order valence-electron chi connectivity index (χ0n) is 13.4. The zero-order chi connectivity index (χ0) is 17.2. The number of amides is 1. The van der Waals surface area contributed by atoms with Crippen LogP contribution >= 0.6 is 11.8 Å². The van der Waals surface area contributed by atoms with Crippen LogP contribution in [0.1, 0.15) is 13.8 Å². The quantitative estimate of drug-likeness (QED) is 0.557. The normalized spacial score (nSPS) is 32.6. The molecule has 2 N–H and O–H groups in total. The third-order valence-corrected chi connectivity index (χ3v) is 6.57. The molecule has 0 spiro atoms. The molecule has 24 heavy (non-hydrogen) atoms. The lowest BCUT2D eigenvalue weighted by Crippen LogP contribution is -2.63. The number of carboxylic acid groups (broad SMARTS) is 1. The predicted molar refractivity (Wildman–Crippen MR) is 83.4 cm³/mol. The standard InChI is InChI=1S/C15H18N4O4S/c1-7-11-10(8(2)20)14(21)19(11)12(15(22)23)13(7)24-9-3-17-5-16-6-18(17)4-9/h5-11,20H,3-4H2,1-2H3/p+1/t7-,8+,10+,11+/m1/s1. The fourth-order valence-corrected chi connectivity index (χ4v) is 5.49. The van der Waals surface area contributed by atoms with Crippen molar-refractivity contribution in [1.82, 2.24) is 14.6 Å². The molecule has 1 amide bonds. The molecule has 0 bridgehead atoms. The van der Waals surface area contributed by atoms with E-state index in [1.54, 1.807) is 19.6 Å². The molecule has 0 aliphatic carbocycles. The number of β-lactam (4-membered cyclic amide) rings is 1. The van der Waals surface area contributed by atoms with Gasteiger partial charge >= 0.3 is 12.3 Å². The van der Waals surface area contributed by atoms with Crippen molar-refractivity contribution < 1.29 is 24.5 Å². The van der Waals surface area contributed by atoms with E-state index in [4.69, 9.17) is 0 Å². The van der Waals surface area contributed by atoms with E-state index in [1.165, 1.54) is 16.7 Å². The van der Waals surface area contributed by atoms with Crippen LogP contribution < -0.4 is 4.68 Å². The van der Waals surface area contributed by atoms with E-state index >= 15 is 0 Å². The largest absolute Gasteiger partial charge is 0.477 e. The summed E-state index contributed by atoms with van der Waals surface area (Å²) >= 11 is 1.54. The molecule has 1 fully saturated rings. The number of carboxylic acids is 1. The Labute approximate surface area is 142 Å². The van der Waals surface area contributed by atoms with E-state index < -0.39 is 18.0 Å². The van der Waals surface area contributed by atoms with Gasteiger partial charge in [0.2, 0.25) is 12.2 Å². The van der Waals surface area contributed by atoms with Crippen molar-refractivity contribution in [3.05, 3.63) is 23.3 Å². The molecule has 128 valence electrons. The van der Waals surface area contributed by atoms with Gasteiger partial charge in [0.15, 0.2) is 0 Å². The second-order valence-electron chi connectivity index (χ2n) is 6.64. The minimum Gasteiger partial charge on any atom is -0.477 e. The Balaban J connectivity index is 1.61. The second kappa shape index (κ2) is 5.32. The number of aliphatic hydroxyl groups excluding tert-OH is 1. The van der Waals surface area contributed by atoms with E-state index in [9.17, 15) is 19.8 Å². The van der Waals surface area contributed by atoms with Gasteiger partial charge in [-0.2, -0.15) is 9.36 Å². The minimum atomic E-state index is -1.07. The first-order chi connectivity index (χ1) is 11.4. The van der Waals surface area contributed by atoms with Gasteiger partial charge in [0, 0.05) is 10.8 Å². The lowest BCUT2D eigenvalue weighted by Gasteiger charge is -2.46. The number of carbonyl (C=O) groups is 2. The van der Waals surface area contributed by atoms with E-state index in [0.717, 1.165) is 18.0 Å². The van der Waals surface area contributed by atoms with Crippen LogP contribution in [-0.2, 0) is 22.7 Å². The number of fused-ring (bicyclic) bond motifs is 2. The van der Waals surface area contributed by atoms with Gasteiger partial charge in [-0.05, 0) is 11.9 Å². The fraction of sp³-hybridized carbons (Fsp3) is 0.600. The second-order valence-corrected chi connectivity index (χ2v) is 7.98. The Morgan fingerprint density at radius 2 is 2.29 bits per heavy atom. The van der Waals surface area contributed by atoms with Gasteiger partial charge in [0.1, 0.15) is 12.2 Å². The van der Waals surface area contributed by atoms with Gasteiger partial charge in [-0.1, -0.05) is 6.92 Å². The maximum absolute atomic E-state index is 12.3. The Bertz CT molecular complexity index is 738. The molecule has 1 saturated heterocycles. The van der Waals surface area contributed by atoms with Crippen LogP contribution in [0.4, 0.5) is 0 Å². The summed E-state index contributed by atoms with van der Waals surface area (Å²) in [5.41, 5.74) is 0.0964. The average Bonchev–Trinajstić information content (AvgIpc) is 3.12. The lowest BCUT2D eigenvalue weighted by atomic mass is 9.79. The molecule has 1 aromatic heterocycles. The van der Waals surface area contributed by atoms with Gasteiger partial charge in [-0.25, -0.2) is 4.79 Å². The molecule has 0 radical (unpaired) electrons. The SMILES string of the molecule is C[C@H](O)[C@@H]1C(=O)N2C(C(=O)O)=C(SC3Cn4cnc[n+]4C3)[C@H](C)[C@@H]12. The van der Waals surface area contributed by atoms with Gasteiger partial charge < -0.3 is 15.1 Å². The molecule has 0 aromatic carbocycles. The highest BCUT2D eigenvalue weighted by atomic mass is 32.2. The summed E-state index contributed by atoms with van der Waals surface area (Å²) in [5, 5.41) is 19.7. The van der Waals surface area contributed by atoms with Crippen LogP contribution in [0.25, 0.3) is 0 Å². The maximum atomic E-state index is 12.3. The zero-order valence-corrected chi connectivity index (χ0v) is 14.2. The number of hydrogen-bond donors (Lipinski definition) is 2. The van der Waals surface area contributed by atoms with E-state index in [2.05, 4.69) is 4.98 Å². The molecule has 4 heterocycles. The highest BCUT2D eigenvalue weighted by Crippen LogP contribution is 2.51. The first-order valence-electron chi connectivity index (χ1n) is 7.95. The van der Waals surface area contributed by atoms with E-state index in [1.807, 2.05) is 16.3 Å². The third kappa shape index (κ3) is 2.04. The highest BCUT2D eigenvalue weighted by Gasteiger charge is 2.60. The van der Waals surface area contributed by atoms with Crippen LogP contribution in [0.15, 0.2) is 23.3 Å². The molecule has 4 atom stereocenters.